The predicted octanol–water partition coefficient (Wildman–Crippen LogP) is 4.37. The van der Waals surface area contributed by atoms with Gasteiger partial charge in [0.15, 0.2) is 0 Å². The largest absolute Gasteiger partial charge is 0.365 e. The van der Waals surface area contributed by atoms with Gasteiger partial charge in [-0.05, 0) is 49.2 Å². The summed E-state index contributed by atoms with van der Waals surface area (Å²) in [5, 5.41) is 3.15. The zero-order valence-corrected chi connectivity index (χ0v) is 26.3. The molecule has 4 aromatic heterocycles. The molecule has 4 heterocycles. The van der Waals surface area contributed by atoms with E-state index in [-0.39, 0.29) is 17.2 Å². The lowest BCUT2D eigenvalue weighted by atomic mass is 10.1. The zero-order valence-electron chi connectivity index (χ0n) is 25.6. The van der Waals surface area contributed by atoms with E-state index in [1.165, 1.54) is 24.0 Å². The Morgan fingerprint density at radius 1 is 0.681 bits per heavy atom. The molecule has 6 aromatic rings. The average Bonchev–Trinajstić information content (AvgIpc) is 3.06. The van der Waals surface area contributed by atoms with Crippen LogP contribution in [-0.2, 0) is 0 Å². The Morgan fingerprint density at radius 2 is 1.17 bits per heavy atom. The van der Waals surface area contributed by atoms with Gasteiger partial charge in [0.05, 0.1) is 23.8 Å². The predicted molar refractivity (Wildman–Crippen MR) is 183 cm³/mol. The number of anilines is 1. The quantitative estimate of drug-likeness (QED) is 0.192. The molecule has 0 amide bonds. The van der Waals surface area contributed by atoms with E-state index in [4.69, 9.17) is 17.3 Å². The van der Waals surface area contributed by atoms with Crippen molar-refractivity contribution in [2.24, 2.45) is 5.73 Å². The second-order valence-corrected chi connectivity index (χ2v) is 10.6. The Bertz CT molecular complexity index is 2040. The summed E-state index contributed by atoms with van der Waals surface area (Å²) in [6.07, 6.45) is 6.03. The molecule has 5 N–H and O–H groups in total. The Hall–Kier alpha value is -5.85. The van der Waals surface area contributed by atoms with Gasteiger partial charge in [0, 0.05) is 36.6 Å². The number of hydrogen-bond donors (Lipinski definition) is 4. The maximum atomic E-state index is 12.3. The molecular weight excluding hydrogens is 620 g/mol. The minimum atomic E-state index is -0.583. The first-order chi connectivity index (χ1) is 22.6. The van der Waals surface area contributed by atoms with E-state index in [9.17, 15) is 19.2 Å². The third-order valence-electron chi connectivity index (χ3n) is 6.64. The van der Waals surface area contributed by atoms with Gasteiger partial charge in [0.2, 0.25) is 0 Å². The highest BCUT2D eigenvalue weighted by atomic mass is 35.5. The molecule has 2 atom stereocenters. The van der Waals surface area contributed by atoms with Crippen molar-refractivity contribution in [2.75, 3.05) is 5.32 Å². The summed E-state index contributed by atoms with van der Waals surface area (Å²) in [4.78, 5) is 60.2. The first-order valence-electron chi connectivity index (χ1n) is 14.4. The van der Waals surface area contributed by atoms with Gasteiger partial charge in [-0.15, -0.1) is 0 Å². The van der Waals surface area contributed by atoms with Crippen molar-refractivity contribution in [3.63, 3.8) is 0 Å². The summed E-state index contributed by atoms with van der Waals surface area (Å²) < 4.78 is 2.00. The average molecular weight is 653 g/mol. The van der Waals surface area contributed by atoms with Crippen LogP contribution in [0.15, 0.2) is 141 Å². The van der Waals surface area contributed by atoms with Gasteiger partial charge in [-0.25, -0.2) is 18.7 Å². The number of halogens is 1. The standard InChI is InChI=1S/C17H16N4O2.C9H6ClN3O2.C8H11N/c1-12(13-6-3-2-4-7-13)19-15-10-16(22)21(17(23)20-15)14-8-5-9-18-11-14;10-7-4-8(14)13(9(15)12-7)6-2-1-3-11-5-6;1-7(9)8-5-3-2-4-6-8/h2-12,19H,1H3,(H,20,23);1-5H,(H,12,15);2-7H,9H2,1H3/t12-;;7-/m0.0/s1. The first-order valence-corrected chi connectivity index (χ1v) is 14.8. The third kappa shape index (κ3) is 9.57. The number of nitrogens with zero attached hydrogens (tertiary/aromatic N) is 4. The van der Waals surface area contributed by atoms with Gasteiger partial charge < -0.3 is 11.1 Å². The summed E-state index contributed by atoms with van der Waals surface area (Å²) >= 11 is 5.53. The van der Waals surface area contributed by atoms with Crippen molar-refractivity contribution >= 4 is 17.4 Å². The van der Waals surface area contributed by atoms with E-state index in [2.05, 4.69) is 25.3 Å². The minimum Gasteiger partial charge on any atom is -0.365 e. The van der Waals surface area contributed by atoms with Gasteiger partial charge in [-0.3, -0.25) is 29.5 Å². The summed E-state index contributed by atoms with van der Waals surface area (Å²) in [6.45, 7) is 3.94. The van der Waals surface area contributed by atoms with E-state index in [0.29, 0.717) is 17.2 Å². The molecule has 47 heavy (non-hydrogen) atoms. The Morgan fingerprint density at radius 3 is 1.60 bits per heavy atom. The summed E-state index contributed by atoms with van der Waals surface area (Å²) in [5.74, 6) is 0.386. The normalized spacial score (nSPS) is 11.6. The Kier molecular flexibility index (Phi) is 11.9. The number of nitrogens with one attached hydrogen (secondary N) is 3. The second-order valence-electron chi connectivity index (χ2n) is 10.2. The first kappa shape index (κ1) is 34.0. The minimum absolute atomic E-state index is 0.0186. The number of aromatic nitrogens is 6. The van der Waals surface area contributed by atoms with Crippen molar-refractivity contribution in [3.05, 3.63) is 180 Å². The molecule has 240 valence electrons. The molecule has 6 rings (SSSR count). The van der Waals surface area contributed by atoms with E-state index in [1.54, 1.807) is 36.7 Å². The molecule has 0 saturated heterocycles. The summed E-state index contributed by atoms with van der Waals surface area (Å²) in [5.41, 5.74) is 6.71. The molecule has 13 heteroatoms. The number of benzene rings is 2. The molecule has 0 aliphatic heterocycles. The fourth-order valence-corrected chi connectivity index (χ4v) is 4.49. The highest BCUT2D eigenvalue weighted by molar-refractivity contribution is 6.29. The summed E-state index contributed by atoms with van der Waals surface area (Å²) in [7, 11) is 0. The van der Waals surface area contributed by atoms with Gasteiger partial charge in [0.25, 0.3) is 11.1 Å². The third-order valence-corrected chi connectivity index (χ3v) is 6.84. The van der Waals surface area contributed by atoms with Crippen LogP contribution < -0.4 is 33.5 Å². The fourth-order valence-electron chi connectivity index (χ4n) is 4.32. The number of pyridine rings is 2. The lowest BCUT2D eigenvalue weighted by Gasteiger charge is -2.15. The topological polar surface area (TPSA) is 174 Å². The SMILES string of the molecule is C[C@H](N)c1ccccc1.C[C@H](Nc1cc(=O)n(-c2cccnc2)c(=O)[nH]1)c1ccccc1.O=c1cc(Cl)[nH]c(=O)n1-c1cccnc1. The van der Waals surface area contributed by atoms with Crippen molar-refractivity contribution in [1.29, 1.82) is 0 Å². The van der Waals surface area contributed by atoms with Gasteiger partial charge in [-0.1, -0.05) is 72.3 Å². The summed E-state index contributed by atoms with van der Waals surface area (Å²) in [6, 6.07) is 29.0. The molecule has 0 saturated carbocycles. The van der Waals surface area contributed by atoms with E-state index < -0.39 is 22.5 Å². The molecule has 0 radical (unpaired) electrons. The molecule has 0 fully saturated rings. The van der Waals surface area contributed by atoms with Crippen molar-refractivity contribution in [2.45, 2.75) is 25.9 Å². The van der Waals surface area contributed by atoms with Gasteiger partial charge in [-0.2, -0.15) is 0 Å². The number of hydrogen-bond acceptors (Lipinski definition) is 8. The number of H-pyrrole nitrogens is 2. The highest BCUT2D eigenvalue weighted by Crippen LogP contribution is 2.16. The monoisotopic (exact) mass is 652 g/mol. The fraction of sp³-hybridized carbons (Fsp3) is 0.118. The van der Waals surface area contributed by atoms with Crippen molar-refractivity contribution in [1.82, 2.24) is 29.1 Å². The number of rotatable bonds is 6. The van der Waals surface area contributed by atoms with Gasteiger partial charge >= 0.3 is 11.4 Å². The lowest BCUT2D eigenvalue weighted by molar-refractivity contribution is 0.818. The molecule has 0 bridgehead atoms. The van der Waals surface area contributed by atoms with E-state index in [1.807, 2.05) is 74.5 Å². The molecular formula is C34H33ClN8O4. The van der Waals surface area contributed by atoms with Crippen LogP contribution in [0.5, 0.6) is 0 Å². The zero-order chi connectivity index (χ0) is 33.8. The van der Waals surface area contributed by atoms with Crippen LogP contribution >= 0.6 is 11.6 Å². The lowest BCUT2D eigenvalue weighted by Crippen LogP contribution is -2.34. The van der Waals surface area contributed by atoms with Crippen molar-refractivity contribution in [3.8, 4) is 11.4 Å². The molecule has 0 aliphatic rings. The van der Waals surface area contributed by atoms with Crippen LogP contribution in [-0.4, -0.2) is 29.1 Å². The Labute approximate surface area is 274 Å². The maximum Gasteiger partial charge on any atom is 0.334 e. The van der Waals surface area contributed by atoms with Crippen molar-refractivity contribution < 1.29 is 0 Å². The number of nitrogens with two attached hydrogens (primary N) is 1. The molecule has 2 aromatic carbocycles. The van der Waals surface area contributed by atoms with Crippen LogP contribution in [0, 0.1) is 0 Å². The second kappa shape index (κ2) is 16.5. The maximum absolute atomic E-state index is 12.3. The molecule has 0 spiro atoms. The number of aromatic amines is 2. The molecule has 0 unspecified atom stereocenters. The van der Waals surface area contributed by atoms with Gasteiger partial charge in [0.1, 0.15) is 11.0 Å². The van der Waals surface area contributed by atoms with Crippen LogP contribution in [0.2, 0.25) is 5.15 Å². The van der Waals surface area contributed by atoms with E-state index >= 15 is 0 Å². The van der Waals surface area contributed by atoms with Crippen LogP contribution in [0.25, 0.3) is 11.4 Å². The van der Waals surface area contributed by atoms with Crippen LogP contribution in [0.3, 0.4) is 0 Å². The smallest absolute Gasteiger partial charge is 0.334 e. The highest BCUT2D eigenvalue weighted by Gasteiger charge is 2.10. The van der Waals surface area contributed by atoms with E-state index in [0.717, 1.165) is 20.8 Å². The molecule has 0 aliphatic carbocycles. The van der Waals surface area contributed by atoms with Crippen LogP contribution in [0.1, 0.15) is 37.1 Å². The van der Waals surface area contributed by atoms with Crippen LogP contribution in [0.4, 0.5) is 5.82 Å². The molecule has 12 nitrogen and oxygen atoms in total. The Balaban J connectivity index is 0.000000178.